The second-order valence-electron chi connectivity index (χ2n) is 6.88. The number of carbonyl (C=O) groups is 1. The molecule has 1 fully saturated rings. The van der Waals surface area contributed by atoms with E-state index in [0.29, 0.717) is 38.2 Å². The number of hydrogen-bond donors (Lipinski definition) is 1. The molecule has 1 saturated heterocycles. The largest absolute Gasteiger partial charge is 0.377 e. The molecule has 4 rings (SSSR count). The number of anilines is 1. The summed E-state index contributed by atoms with van der Waals surface area (Å²) in [6.45, 7) is 1.39. The molecule has 2 aromatic rings. The van der Waals surface area contributed by atoms with Crippen LogP contribution < -0.4 is 5.32 Å². The summed E-state index contributed by atoms with van der Waals surface area (Å²) < 4.78 is 34.0. The van der Waals surface area contributed by atoms with Crippen molar-refractivity contribution in [3.05, 3.63) is 46.2 Å². The minimum atomic E-state index is -3.66. The molecule has 6 nitrogen and oxygen atoms in total. The van der Waals surface area contributed by atoms with Crippen LogP contribution in [0.3, 0.4) is 0 Å². The number of nitrogens with zero attached hydrogens (tertiary/aromatic N) is 1. The Hall–Kier alpha value is -1.74. The summed E-state index contributed by atoms with van der Waals surface area (Å²) in [6.07, 6.45) is 2.73. The van der Waals surface area contributed by atoms with Gasteiger partial charge in [0.25, 0.3) is 0 Å². The van der Waals surface area contributed by atoms with Crippen molar-refractivity contribution < 1.29 is 17.9 Å². The van der Waals surface area contributed by atoms with E-state index in [2.05, 4.69) is 5.32 Å². The van der Waals surface area contributed by atoms with Crippen LogP contribution >= 0.6 is 11.3 Å². The van der Waals surface area contributed by atoms with Crippen molar-refractivity contribution >= 4 is 33.0 Å². The van der Waals surface area contributed by atoms with Crippen LogP contribution in [0.15, 0.2) is 40.6 Å². The van der Waals surface area contributed by atoms with Crippen molar-refractivity contribution in [1.82, 2.24) is 4.31 Å². The Balaban J connectivity index is 1.63. The zero-order valence-electron chi connectivity index (χ0n) is 14.9. The van der Waals surface area contributed by atoms with Crippen LogP contribution in [0.2, 0.25) is 0 Å². The summed E-state index contributed by atoms with van der Waals surface area (Å²) in [5.74, 6) is -0.0317. The van der Waals surface area contributed by atoms with Crippen molar-refractivity contribution in [3.8, 4) is 0 Å². The van der Waals surface area contributed by atoms with Crippen LogP contribution in [0.1, 0.15) is 29.7 Å². The maximum atomic E-state index is 13.4. The first-order chi connectivity index (χ1) is 13.0. The summed E-state index contributed by atoms with van der Waals surface area (Å²) in [7, 11) is -3.66. The van der Waals surface area contributed by atoms with Crippen LogP contribution in [-0.4, -0.2) is 37.9 Å². The third-order valence-corrected chi connectivity index (χ3v) is 7.62. The number of thiophene rings is 1. The molecule has 1 amide bonds. The van der Waals surface area contributed by atoms with Gasteiger partial charge in [0.1, 0.15) is 0 Å². The molecule has 144 valence electrons. The van der Waals surface area contributed by atoms with Crippen molar-refractivity contribution in [2.45, 2.75) is 43.2 Å². The van der Waals surface area contributed by atoms with Crippen molar-refractivity contribution in [2.75, 3.05) is 18.5 Å². The molecule has 1 aromatic carbocycles. The van der Waals surface area contributed by atoms with Crippen LogP contribution in [-0.2, 0) is 32.5 Å². The number of fused-ring (bicyclic) bond motifs is 1. The number of benzene rings is 1. The fourth-order valence-corrected chi connectivity index (χ4v) is 5.81. The topological polar surface area (TPSA) is 75.7 Å². The first kappa shape index (κ1) is 18.6. The van der Waals surface area contributed by atoms with Gasteiger partial charge in [0, 0.05) is 36.7 Å². The van der Waals surface area contributed by atoms with Crippen molar-refractivity contribution in [3.63, 3.8) is 0 Å². The van der Waals surface area contributed by atoms with Gasteiger partial charge in [-0.2, -0.15) is 4.31 Å². The molecule has 0 radical (unpaired) electrons. The number of carbonyl (C=O) groups excluding carboxylic acids is 1. The summed E-state index contributed by atoms with van der Waals surface area (Å²) in [6, 6.07) is 8.84. The van der Waals surface area contributed by atoms with Gasteiger partial charge in [-0.25, -0.2) is 8.42 Å². The molecule has 2 aliphatic rings. The first-order valence-electron chi connectivity index (χ1n) is 9.09. The summed E-state index contributed by atoms with van der Waals surface area (Å²) in [4.78, 5) is 12.8. The van der Waals surface area contributed by atoms with Crippen LogP contribution in [0, 0.1) is 0 Å². The fourth-order valence-electron chi connectivity index (χ4n) is 3.51. The van der Waals surface area contributed by atoms with Gasteiger partial charge in [-0.1, -0.05) is 6.07 Å². The first-order valence-corrected chi connectivity index (χ1v) is 11.4. The maximum absolute atomic E-state index is 13.4. The Kier molecular flexibility index (Phi) is 5.32. The number of rotatable bonds is 6. The number of hydrogen-bond acceptors (Lipinski definition) is 5. The van der Waals surface area contributed by atoms with Gasteiger partial charge in [0.15, 0.2) is 0 Å². The Labute approximate surface area is 163 Å². The van der Waals surface area contributed by atoms with E-state index in [1.807, 2.05) is 17.5 Å². The third-order valence-electron chi connectivity index (χ3n) is 4.95. The molecule has 1 N–H and O–H groups in total. The van der Waals surface area contributed by atoms with E-state index < -0.39 is 10.0 Å². The summed E-state index contributed by atoms with van der Waals surface area (Å²) in [5, 5.41) is 4.75. The molecular weight excluding hydrogens is 384 g/mol. The summed E-state index contributed by atoms with van der Waals surface area (Å²) in [5.41, 5.74) is 1.57. The van der Waals surface area contributed by atoms with E-state index >= 15 is 0 Å². The second kappa shape index (κ2) is 7.71. The lowest BCUT2D eigenvalue weighted by molar-refractivity contribution is -0.116. The van der Waals surface area contributed by atoms with Gasteiger partial charge in [-0.15, -0.1) is 11.3 Å². The Morgan fingerprint density at radius 2 is 2.15 bits per heavy atom. The molecule has 0 saturated carbocycles. The normalized spacial score (nSPS) is 19.9. The van der Waals surface area contributed by atoms with Crippen molar-refractivity contribution in [2.24, 2.45) is 0 Å². The number of ether oxygens (including phenoxy) is 1. The monoisotopic (exact) mass is 406 g/mol. The Morgan fingerprint density at radius 3 is 2.89 bits per heavy atom. The Morgan fingerprint density at radius 1 is 1.26 bits per heavy atom. The highest BCUT2D eigenvalue weighted by atomic mass is 32.2. The average molecular weight is 407 g/mol. The highest BCUT2D eigenvalue weighted by molar-refractivity contribution is 7.89. The lowest BCUT2D eigenvalue weighted by Crippen LogP contribution is -2.36. The van der Waals surface area contributed by atoms with Gasteiger partial charge in [0.05, 0.1) is 11.0 Å². The molecule has 1 aromatic heterocycles. The highest BCUT2D eigenvalue weighted by Gasteiger charge is 2.30. The van der Waals surface area contributed by atoms with Gasteiger partial charge >= 0.3 is 0 Å². The third kappa shape index (κ3) is 4.08. The molecular formula is C19H22N2O4S2. The molecule has 0 aliphatic carbocycles. The molecule has 1 atom stereocenters. The minimum absolute atomic E-state index is 0.0317. The number of sulfonamides is 1. The number of aryl methyl sites for hydroxylation is 1. The molecule has 27 heavy (non-hydrogen) atoms. The molecule has 8 heteroatoms. The van der Waals surface area contributed by atoms with Crippen LogP contribution in [0.25, 0.3) is 0 Å². The SMILES string of the molecule is O=C1CCc2cc(S(=O)(=O)N(Cc3cccs3)C[C@@H]3CCCO3)ccc2N1. The lowest BCUT2D eigenvalue weighted by atomic mass is 10.0. The molecule has 2 aliphatic heterocycles. The van der Waals surface area contributed by atoms with Gasteiger partial charge < -0.3 is 10.1 Å². The van der Waals surface area contributed by atoms with E-state index in [4.69, 9.17) is 4.74 Å². The van der Waals surface area contributed by atoms with E-state index in [1.165, 1.54) is 4.31 Å². The minimum Gasteiger partial charge on any atom is -0.377 e. The second-order valence-corrected chi connectivity index (χ2v) is 9.85. The van der Waals surface area contributed by atoms with E-state index in [-0.39, 0.29) is 16.9 Å². The molecule has 0 spiro atoms. The predicted molar refractivity (Wildman–Crippen MR) is 104 cm³/mol. The van der Waals surface area contributed by atoms with Gasteiger partial charge in [-0.05, 0) is 54.5 Å². The lowest BCUT2D eigenvalue weighted by Gasteiger charge is -2.25. The zero-order chi connectivity index (χ0) is 18.9. The standard InChI is InChI=1S/C19H22N2O4S2/c22-19-8-5-14-11-17(6-7-18(14)20-19)27(23,24)21(12-15-3-1-9-25-15)13-16-4-2-10-26-16/h2,4,6-7,10-11,15H,1,3,5,8-9,12-13H2,(H,20,22)/t15-/m0/s1. The number of amides is 1. The van der Waals surface area contributed by atoms with Crippen LogP contribution in [0.5, 0.6) is 0 Å². The maximum Gasteiger partial charge on any atom is 0.243 e. The Bertz CT molecular complexity index is 919. The quantitative estimate of drug-likeness (QED) is 0.800. The smallest absolute Gasteiger partial charge is 0.243 e. The molecule has 0 bridgehead atoms. The summed E-state index contributed by atoms with van der Waals surface area (Å²) >= 11 is 1.55. The zero-order valence-corrected chi connectivity index (χ0v) is 16.5. The predicted octanol–water partition coefficient (Wildman–Crippen LogP) is 3.00. The molecule has 3 heterocycles. The van der Waals surface area contributed by atoms with E-state index in [1.54, 1.807) is 29.5 Å². The molecule has 0 unspecified atom stereocenters. The highest BCUT2D eigenvalue weighted by Crippen LogP contribution is 2.29. The van der Waals surface area contributed by atoms with E-state index in [0.717, 1.165) is 23.3 Å². The van der Waals surface area contributed by atoms with Crippen molar-refractivity contribution in [1.29, 1.82) is 0 Å². The van der Waals surface area contributed by atoms with Gasteiger partial charge in [0.2, 0.25) is 15.9 Å². The number of nitrogens with one attached hydrogen (secondary N) is 1. The van der Waals surface area contributed by atoms with Crippen LogP contribution in [0.4, 0.5) is 5.69 Å². The average Bonchev–Trinajstić information content (AvgIpc) is 3.34. The fraction of sp³-hybridized carbons (Fsp3) is 0.421. The van der Waals surface area contributed by atoms with E-state index in [9.17, 15) is 13.2 Å². The van der Waals surface area contributed by atoms with Gasteiger partial charge in [-0.3, -0.25) is 4.79 Å².